The van der Waals surface area contributed by atoms with Crippen LogP contribution >= 0.6 is 0 Å². The summed E-state index contributed by atoms with van der Waals surface area (Å²) in [6.07, 6.45) is 0.748. The summed E-state index contributed by atoms with van der Waals surface area (Å²) in [7, 11) is 0. The summed E-state index contributed by atoms with van der Waals surface area (Å²) < 4.78 is 25.6. The maximum Gasteiger partial charge on any atom is 0.407 e. The minimum absolute atomic E-state index is 0.0992. The fourth-order valence-corrected chi connectivity index (χ4v) is 3.90. The quantitative estimate of drug-likeness (QED) is 0.182. The Hall–Kier alpha value is -3.83. The second kappa shape index (κ2) is 15.7. The van der Waals surface area contributed by atoms with Gasteiger partial charge in [-0.05, 0) is 38.5 Å². The second-order valence-corrected chi connectivity index (χ2v) is 10.9. The van der Waals surface area contributed by atoms with Crippen molar-refractivity contribution < 1.29 is 47.7 Å². The highest BCUT2D eigenvalue weighted by molar-refractivity contribution is 5.87. The van der Waals surface area contributed by atoms with Crippen molar-refractivity contribution in [2.45, 2.75) is 72.1 Å². The molecule has 0 aliphatic heterocycles. The van der Waals surface area contributed by atoms with E-state index in [2.05, 4.69) is 44.2 Å². The highest BCUT2D eigenvalue weighted by Crippen LogP contribution is 2.44. The van der Waals surface area contributed by atoms with Gasteiger partial charge in [-0.3, -0.25) is 0 Å². The van der Waals surface area contributed by atoms with Gasteiger partial charge in [-0.2, -0.15) is 0 Å². The Morgan fingerprint density at radius 2 is 1.48 bits per heavy atom. The third-order valence-corrected chi connectivity index (χ3v) is 6.44. The number of alkyl carbamates (subject to hydrolysis) is 2. The number of carbonyl (C=O) groups is 5. The Balaban J connectivity index is 2.82. The molecule has 0 heterocycles. The molecule has 1 saturated carbocycles. The minimum Gasteiger partial charge on any atom is -0.458 e. The van der Waals surface area contributed by atoms with Gasteiger partial charge in [0.1, 0.15) is 25.9 Å². The molecule has 0 bridgehead atoms. The van der Waals surface area contributed by atoms with Gasteiger partial charge >= 0.3 is 30.1 Å². The van der Waals surface area contributed by atoms with Gasteiger partial charge in [-0.1, -0.05) is 40.5 Å². The molecular weight excluding hydrogens is 524 g/mol. The summed E-state index contributed by atoms with van der Waals surface area (Å²) in [5, 5.41) is 5.61. The van der Waals surface area contributed by atoms with Gasteiger partial charge < -0.3 is 34.3 Å². The van der Waals surface area contributed by atoms with E-state index in [0.29, 0.717) is 12.8 Å². The molecule has 40 heavy (non-hydrogen) atoms. The van der Waals surface area contributed by atoms with Crippen LogP contribution in [0.1, 0.15) is 53.9 Å². The Morgan fingerprint density at radius 3 is 2.00 bits per heavy atom. The number of nitrogens with one attached hydrogen (secondary N) is 2. The molecule has 2 N–H and O–H groups in total. The third kappa shape index (κ3) is 12.4. The molecule has 0 aromatic heterocycles. The van der Waals surface area contributed by atoms with Crippen LogP contribution in [-0.2, 0) is 38.1 Å². The molecule has 1 aliphatic carbocycles. The number of amides is 2. The summed E-state index contributed by atoms with van der Waals surface area (Å²) in [4.78, 5) is 59.8. The molecule has 0 saturated heterocycles. The monoisotopic (exact) mass is 566 g/mol. The number of rotatable bonds is 14. The molecule has 12 nitrogen and oxygen atoms in total. The van der Waals surface area contributed by atoms with Crippen molar-refractivity contribution in [3.63, 3.8) is 0 Å². The van der Waals surface area contributed by atoms with Crippen LogP contribution in [-0.4, -0.2) is 74.7 Å². The lowest BCUT2D eigenvalue weighted by molar-refractivity contribution is -0.146. The second-order valence-electron chi connectivity index (χ2n) is 10.9. The molecule has 3 atom stereocenters. The van der Waals surface area contributed by atoms with Gasteiger partial charge in [0.25, 0.3) is 0 Å². The average molecular weight is 567 g/mol. The fraction of sp³-hybridized carbons (Fsp3) is 0.607. The molecule has 0 aromatic rings. The summed E-state index contributed by atoms with van der Waals surface area (Å²) in [6.45, 7) is 18.6. The first-order chi connectivity index (χ1) is 18.6. The van der Waals surface area contributed by atoms with Crippen molar-refractivity contribution in [3.05, 3.63) is 37.5 Å². The highest BCUT2D eigenvalue weighted by atomic mass is 16.6. The first-order valence-electron chi connectivity index (χ1n) is 12.9. The molecule has 0 aromatic carbocycles. The molecule has 0 spiro atoms. The summed E-state index contributed by atoms with van der Waals surface area (Å²) >= 11 is 0. The predicted molar refractivity (Wildman–Crippen MR) is 145 cm³/mol. The third-order valence-electron chi connectivity index (χ3n) is 6.44. The molecule has 1 rings (SSSR count). The molecule has 1 fully saturated rings. The van der Waals surface area contributed by atoms with Gasteiger partial charge in [0.2, 0.25) is 0 Å². The lowest BCUT2D eigenvalue weighted by atomic mass is 9.63. The topological polar surface area (TPSA) is 156 Å². The standard InChI is InChI=1S/C28H42N2O10/c1-9-22(31)36-15-20(16-37-23(32)10-2)40-26(35)30-21-13-27(6,7)11-12-28(21,8)17-29-25(34)39-19(5)14-38-24(33)18(3)4/h9-10,19-21H,1-3,11-17H2,4-8H3,(H,29,34)(H,30,35). The van der Waals surface area contributed by atoms with Crippen molar-refractivity contribution >= 4 is 30.1 Å². The van der Waals surface area contributed by atoms with Crippen LogP contribution in [0.5, 0.6) is 0 Å². The SMILES string of the molecule is C=CC(=O)OCC(COC(=O)C=C)OC(=O)NC1CC(C)(C)CCC1(C)CNC(=O)OC(C)COC(=O)C(=C)C. The van der Waals surface area contributed by atoms with E-state index in [1.165, 1.54) is 6.92 Å². The fourth-order valence-electron chi connectivity index (χ4n) is 3.90. The van der Waals surface area contributed by atoms with E-state index in [-0.39, 0.29) is 37.4 Å². The van der Waals surface area contributed by atoms with Gasteiger partial charge in [0, 0.05) is 35.7 Å². The van der Waals surface area contributed by atoms with E-state index in [1.807, 2.05) is 6.92 Å². The largest absolute Gasteiger partial charge is 0.458 e. The lowest BCUT2D eigenvalue weighted by Crippen LogP contribution is -2.56. The molecule has 1 aliphatic rings. The van der Waals surface area contributed by atoms with Crippen LogP contribution in [0.3, 0.4) is 0 Å². The van der Waals surface area contributed by atoms with Gasteiger partial charge in [-0.25, -0.2) is 24.0 Å². The first kappa shape index (κ1) is 34.2. The van der Waals surface area contributed by atoms with E-state index in [0.717, 1.165) is 18.6 Å². The van der Waals surface area contributed by atoms with Gasteiger partial charge in [0.15, 0.2) is 6.10 Å². The minimum atomic E-state index is -1.08. The molecule has 2 amide bonds. The van der Waals surface area contributed by atoms with Crippen LogP contribution in [0.15, 0.2) is 37.5 Å². The van der Waals surface area contributed by atoms with E-state index >= 15 is 0 Å². The summed E-state index contributed by atoms with van der Waals surface area (Å²) in [6, 6.07) is -0.412. The molecule has 12 heteroatoms. The number of hydrogen-bond acceptors (Lipinski definition) is 10. The molecule has 0 radical (unpaired) electrons. The van der Waals surface area contributed by atoms with E-state index in [9.17, 15) is 24.0 Å². The first-order valence-corrected chi connectivity index (χ1v) is 12.9. The summed E-state index contributed by atoms with van der Waals surface area (Å²) in [5.41, 5.74) is -0.426. The Morgan fingerprint density at radius 1 is 0.900 bits per heavy atom. The Kier molecular flexibility index (Phi) is 13.4. The van der Waals surface area contributed by atoms with Crippen LogP contribution in [0, 0.1) is 10.8 Å². The van der Waals surface area contributed by atoms with E-state index in [1.54, 1.807) is 6.92 Å². The zero-order valence-electron chi connectivity index (χ0n) is 24.0. The van der Waals surface area contributed by atoms with Crippen LogP contribution < -0.4 is 10.6 Å². The van der Waals surface area contributed by atoms with E-state index in [4.69, 9.17) is 23.7 Å². The maximum absolute atomic E-state index is 12.9. The predicted octanol–water partition coefficient (Wildman–Crippen LogP) is 3.36. The zero-order valence-corrected chi connectivity index (χ0v) is 24.0. The Bertz CT molecular complexity index is 952. The highest BCUT2D eigenvalue weighted by Gasteiger charge is 2.44. The van der Waals surface area contributed by atoms with Crippen molar-refractivity contribution in [2.24, 2.45) is 10.8 Å². The molecular formula is C28H42N2O10. The van der Waals surface area contributed by atoms with E-state index < -0.39 is 53.8 Å². The van der Waals surface area contributed by atoms with Crippen LogP contribution in [0.2, 0.25) is 0 Å². The van der Waals surface area contributed by atoms with Crippen LogP contribution in [0.25, 0.3) is 0 Å². The molecule has 3 unspecified atom stereocenters. The number of ether oxygens (including phenoxy) is 5. The van der Waals surface area contributed by atoms with Crippen molar-refractivity contribution in [1.29, 1.82) is 0 Å². The summed E-state index contributed by atoms with van der Waals surface area (Å²) in [5.74, 6) is -2.03. The number of hydrogen-bond donors (Lipinski definition) is 2. The van der Waals surface area contributed by atoms with Gasteiger partial charge in [0.05, 0.1) is 0 Å². The van der Waals surface area contributed by atoms with Crippen molar-refractivity contribution in [2.75, 3.05) is 26.4 Å². The van der Waals surface area contributed by atoms with Crippen molar-refractivity contribution in [3.8, 4) is 0 Å². The average Bonchev–Trinajstić information content (AvgIpc) is 2.89. The lowest BCUT2D eigenvalue weighted by Gasteiger charge is -2.47. The zero-order chi connectivity index (χ0) is 30.5. The van der Waals surface area contributed by atoms with Gasteiger partial charge in [-0.15, -0.1) is 0 Å². The maximum atomic E-state index is 12.9. The van der Waals surface area contributed by atoms with Crippen LogP contribution in [0.4, 0.5) is 9.59 Å². The smallest absolute Gasteiger partial charge is 0.407 e. The Labute approximate surface area is 235 Å². The normalized spacial score (nSPS) is 20.2. The number of esters is 3. The van der Waals surface area contributed by atoms with Crippen molar-refractivity contribution in [1.82, 2.24) is 10.6 Å². The molecule has 224 valence electrons. The number of carbonyl (C=O) groups excluding carboxylic acids is 5.